The number of halogens is 6. The first-order valence-corrected chi connectivity index (χ1v) is 15.6. The molecule has 3 heterocycles. The van der Waals surface area contributed by atoms with Crippen LogP contribution in [0.1, 0.15) is 27.5 Å². The molecule has 6 rings (SSSR count). The predicted molar refractivity (Wildman–Crippen MR) is 162 cm³/mol. The van der Waals surface area contributed by atoms with Crippen molar-refractivity contribution in [2.45, 2.75) is 28.5 Å². The zero-order valence-electron chi connectivity index (χ0n) is 24.3. The van der Waals surface area contributed by atoms with Crippen molar-refractivity contribution >= 4 is 52.2 Å². The van der Waals surface area contributed by atoms with Crippen molar-refractivity contribution in [2.75, 3.05) is 23.9 Å². The number of benzene rings is 3. The number of H-pyrrole nitrogens is 1. The lowest BCUT2D eigenvalue weighted by molar-refractivity contribution is -0.138. The highest BCUT2D eigenvalue weighted by atomic mass is 32.2. The molecule has 0 saturated carbocycles. The maximum atomic E-state index is 13.9. The van der Waals surface area contributed by atoms with Crippen molar-refractivity contribution in [3.05, 3.63) is 98.0 Å². The summed E-state index contributed by atoms with van der Waals surface area (Å²) in [6.45, 7) is -0.624. The molecule has 1 fully saturated rings. The van der Waals surface area contributed by atoms with Crippen LogP contribution in [0.2, 0.25) is 0 Å². The molecule has 0 spiro atoms. The van der Waals surface area contributed by atoms with Crippen molar-refractivity contribution in [3.8, 4) is 11.5 Å². The molecule has 3 atom stereocenters. The van der Waals surface area contributed by atoms with E-state index in [1.54, 1.807) is 0 Å². The lowest BCUT2D eigenvalue weighted by atomic mass is 9.83. The van der Waals surface area contributed by atoms with E-state index in [1.165, 1.54) is 37.4 Å². The maximum Gasteiger partial charge on any atom is 0.418 e. The molecule has 0 bridgehead atoms. The second kappa shape index (κ2) is 12.4. The van der Waals surface area contributed by atoms with E-state index in [0.717, 1.165) is 59.5 Å². The van der Waals surface area contributed by atoms with Crippen LogP contribution in [0.25, 0.3) is 0 Å². The quantitative estimate of drug-likeness (QED) is 0.171. The number of methoxy groups -OCH3 is 1. The number of thioether (sulfide) groups is 1. The van der Waals surface area contributed by atoms with E-state index < -0.39 is 75.5 Å². The molecule has 250 valence electrons. The minimum atomic E-state index is -4.85. The molecule has 2 aliphatic rings. The number of aromatic amines is 1. The Bertz CT molecular complexity index is 1990. The van der Waals surface area contributed by atoms with Crippen LogP contribution in [0.4, 0.5) is 37.7 Å². The molecule has 2 N–H and O–H groups in total. The number of carbonyl (C=O) groups is 3. The summed E-state index contributed by atoms with van der Waals surface area (Å²) in [7, 11) is 1.29. The van der Waals surface area contributed by atoms with Gasteiger partial charge in [-0.1, -0.05) is 47.4 Å². The number of aromatic nitrogens is 1. The number of alkyl halides is 6. The first-order valence-electron chi connectivity index (χ1n) is 13.9. The summed E-state index contributed by atoms with van der Waals surface area (Å²) in [4.78, 5) is 55.6. The number of carbonyl (C=O) groups excluding carboxylic acids is 3. The lowest BCUT2D eigenvalue weighted by Crippen LogP contribution is -2.33. The Labute approximate surface area is 274 Å². The number of hydrogen-bond donors (Lipinski definition) is 2. The van der Waals surface area contributed by atoms with Gasteiger partial charge in [-0.25, -0.2) is 4.90 Å². The van der Waals surface area contributed by atoms with Crippen molar-refractivity contribution in [2.24, 2.45) is 5.92 Å². The number of rotatable bonds is 7. The Balaban J connectivity index is 1.29. The normalized spacial score (nSPS) is 19.1. The summed E-state index contributed by atoms with van der Waals surface area (Å²) in [6, 6.07) is 12.7. The van der Waals surface area contributed by atoms with Crippen LogP contribution >= 0.6 is 23.1 Å². The minimum absolute atomic E-state index is 0.0409. The highest BCUT2D eigenvalue weighted by Gasteiger charge is 2.57. The van der Waals surface area contributed by atoms with Gasteiger partial charge >= 0.3 is 17.2 Å². The molecule has 3 amide bonds. The van der Waals surface area contributed by atoms with E-state index in [4.69, 9.17) is 9.47 Å². The van der Waals surface area contributed by atoms with Gasteiger partial charge < -0.3 is 19.8 Å². The van der Waals surface area contributed by atoms with Crippen molar-refractivity contribution in [3.63, 3.8) is 0 Å². The number of nitrogens with one attached hydrogen (secondary N) is 2. The second-order valence-corrected chi connectivity index (χ2v) is 12.8. The summed E-state index contributed by atoms with van der Waals surface area (Å²) in [5.74, 6) is -4.57. The van der Waals surface area contributed by atoms with Gasteiger partial charge in [0.25, 0.3) is 5.91 Å². The topological polar surface area (TPSA) is 118 Å². The number of hydrogen-bond acceptors (Lipinski definition) is 8. The van der Waals surface area contributed by atoms with Gasteiger partial charge in [-0.3, -0.25) is 19.2 Å². The fourth-order valence-corrected chi connectivity index (χ4v) is 8.15. The van der Waals surface area contributed by atoms with E-state index in [9.17, 15) is 45.5 Å². The second-order valence-electron chi connectivity index (χ2n) is 10.6. The first kappa shape index (κ1) is 33.1. The monoisotopic (exact) mass is 709 g/mol. The van der Waals surface area contributed by atoms with Crippen molar-refractivity contribution < 1.29 is 50.2 Å². The van der Waals surface area contributed by atoms with Gasteiger partial charge in [-0.15, -0.1) is 0 Å². The zero-order chi connectivity index (χ0) is 34.5. The Hall–Kier alpha value is -4.77. The molecule has 1 aromatic heterocycles. The molecule has 4 aromatic rings. The van der Waals surface area contributed by atoms with Crippen LogP contribution in [0.5, 0.6) is 11.5 Å². The Morgan fingerprint density at radius 2 is 1.67 bits per heavy atom. The van der Waals surface area contributed by atoms with E-state index in [-0.39, 0.29) is 17.2 Å². The minimum Gasteiger partial charge on any atom is -0.493 e. The van der Waals surface area contributed by atoms with Crippen LogP contribution in [0, 0.1) is 5.92 Å². The summed E-state index contributed by atoms with van der Waals surface area (Å²) in [5.41, 5.74) is -2.45. The molecule has 17 heteroatoms. The molecule has 1 saturated heterocycles. The van der Waals surface area contributed by atoms with Gasteiger partial charge in [-0.2, -0.15) is 26.3 Å². The first-order chi connectivity index (χ1) is 22.7. The average molecular weight is 710 g/mol. The molecule has 3 unspecified atom stereocenters. The average Bonchev–Trinajstić information content (AvgIpc) is 3.53. The molecule has 2 aliphatic heterocycles. The summed E-state index contributed by atoms with van der Waals surface area (Å²) < 4.78 is 91.8. The van der Waals surface area contributed by atoms with Gasteiger partial charge in [0.15, 0.2) is 18.1 Å². The maximum absolute atomic E-state index is 13.9. The van der Waals surface area contributed by atoms with E-state index >= 15 is 0 Å². The third kappa shape index (κ3) is 6.14. The number of para-hydroxylation sites is 1. The highest BCUT2D eigenvalue weighted by Crippen LogP contribution is 2.54. The molecule has 9 nitrogen and oxygen atoms in total. The largest absolute Gasteiger partial charge is 0.493 e. The fraction of sp³-hybridized carbons (Fsp3) is 0.226. The third-order valence-electron chi connectivity index (χ3n) is 7.65. The predicted octanol–water partition coefficient (Wildman–Crippen LogP) is 6.30. The molecular formula is C31H21F6N3O6S2. The van der Waals surface area contributed by atoms with Crippen LogP contribution in [0.15, 0.2) is 76.6 Å². The van der Waals surface area contributed by atoms with Gasteiger partial charge in [-0.05, 0) is 48.0 Å². The Morgan fingerprint density at radius 3 is 2.38 bits per heavy atom. The Kier molecular flexibility index (Phi) is 8.53. The Morgan fingerprint density at radius 1 is 0.917 bits per heavy atom. The number of amides is 3. The van der Waals surface area contributed by atoms with Gasteiger partial charge in [0, 0.05) is 16.5 Å². The molecule has 3 aromatic carbocycles. The molecular weight excluding hydrogens is 688 g/mol. The van der Waals surface area contributed by atoms with Crippen LogP contribution in [0.3, 0.4) is 0 Å². The van der Waals surface area contributed by atoms with Gasteiger partial charge in [0.2, 0.25) is 11.8 Å². The lowest BCUT2D eigenvalue weighted by Gasteiger charge is -2.30. The van der Waals surface area contributed by atoms with Crippen molar-refractivity contribution in [1.82, 2.24) is 4.98 Å². The van der Waals surface area contributed by atoms with Crippen LogP contribution in [-0.2, 0) is 26.7 Å². The molecule has 48 heavy (non-hydrogen) atoms. The number of fused-ring (bicyclic) bond motifs is 2. The number of anilines is 2. The third-order valence-corrected chi connectivity index (χ3v) is 10.1. The summed E-state index contributed by atoms with van der Waals surface area (Å²) in [5, 5.41) is 1.46. The standard InChI is InChI=1S/C31H21F6N3O6S2/c1-45-20-11-14(9-10-19(20)46-13-21(41)38-16-6-4-5-15(12-16)30(32,33)34)22-23-25(47-26-24(22)48-29(44)39-26)28(43)40(27(23)42)18-8-3-2-7-17(18)31(35,36)37/h2-12,22-23,25H,13H2,1H3,(H,38,41)(H,39,44). The van der Waals surface area contributed by atoms with Crippen molar-refractivity contribution in [1.29, 1.82) is 0 Å². The fourth-order valence-electron chi connectivity index (χ4n) is 5.63. The van der Waals surface area contributed by atoms with Crippen LogP contribution in [-0.4, -0.2) is 41.7 Å². The zero-order valence-corrected chi connectivity index (χ0v) is 25.9. The number of nitrogens with zero attached hydrogens (tertiary/aromatic N) is 1. The van der Waals surface area contributed by atoms with Crippen LogP contribution < -0.4 is 24.6 Å². The smallest absolute Gasteiger partial charge is 0.418 e. The van der Waals surface area contributed by atoms with E-state index in [2.05, 4.69) is 10.3 Å². The van der Waals surface area contributed by atoms with Gasteiger partial charge in [0.05, 0.1) is 34.9 Å². The number of ether oxygens (including phenoxy) is 2. The van der Waals surface area contributed by atoms with E-state index in [1.807, 2.05) is 0 Å². The SMILES string of the molecule is COc1cc(C2c3sc(=O)[nH]c3SC3C(=O)N(c4ccccc4C(F)(F)F)C(=O)C32)ccc1OCC(=O)Nc1cccc(C(F)(F)F)c1. The number of imide groups is 1. The summed E-state index contributed by atoms with van der Waals surface area (Å²) in [6.07, 6.45) is -9.46. The van der Waals surface area contributed by atoms with E-state index in [0.29, 0.717) is 20.4 Å². The van der Waals surface area contributed by atoms with Gasteiger partial charge in [0.1, 0.15) is 5.25 Å². The highest BCUT2D eigenvalue weighted by molar-refractivity contribution is 8.00. The molecule has 0 aliphatic carbocycles. The molecule has 0 radical (unpaired) electrons. The summed E-state index contributed by atoms with van der Waals surface area (Å²) >= 11 is 1.69. The number of thiazole rings is 1.